The lowest BCUT2D eigenvalue weighted by Gasteiger charge is -2.37. The molecule has 30 heavy (non-hydrogen) atoms. The van der Waals surface area contributed by atoms with Crippen LogP contribution in [0.2, 0.25) is 0 Å². The summed E-state index contributed by atoms with van der Waals surface area (Å²) in [6.07, 6.45) is 13.2. The molecule has 0 spiro atoms. The molecule has 0 aromatic carbocycles. The molecule has 1 atom stereocenters. The number of ether oxygens (including phenoxy) is 2. The van der Waals surface area contributed by atoms with Crippen molar-refractivity contribution in [3.8, 4) is 0 Å². The van der Waals surface area contributed by atoms with E-state index in [2.05, 4.69) is 20.8 Å². The molecule has 0 aromatic rings. The second kappa shape index (κ2) is 18.7. The average molecular weight is 429 g/mol. The third-order valence-corrected chi connectivity index (χ3v) is 5.99. The van der Waals surface area contributed by atoms with E-state index in [-0.39, 0.29) is 18.5 Å². The second-order valence-electron chi connectivity index (χ2n) is 8.62. The summed E-state index contributed by atoms with van der Waals surface area (Å²) in [6, 6.07) is 0. The highest BCUT2D eigenvalue weighted by atomic mass is 16.7. The first-order chi connectivity index (χ1) is 14.5. The monoisotopic (exact) mass is 428 g/mol. The van der Waals surface area contributed by atoms with Gasteiger partial charge in [0.25, 0.3) is 6.29 Å². The summed E-state index contributed by atoms with van der Waals surface area (Å²) in [4.78, 5) is 24.9. The summed E-state index contributed by atoms with van der Waals surface area (Å²) in [6.45, 7) is 8.19. The van der Waals surface area contributed by atoms with Crippen molar-refractivity contribution in [2.24, 2.45) is 5.41 Å². The summed E-state index contributed by atoms with van der Waals surface area (Å²) in [7, 11) is 0. The van der Waals surface area contributed by atoms with Crippen molar-refractivity contribution in [3.05, 3.63) is 0 Å². The van der Waals surface area contributed by atoms with Crippen LogP contribution in [0.3, 0.4) is 0 Å². The van der Waals surface area contributed by atoms with Crippen LogP contribution in [0.15, 0.2) is 0 Å². The molecule has 0 radical (unpaired) electrons. The Labute approximate surface area is 185 Å². The minimum absolute atomic E-state index is 0.165. The molecular formula is C25H48O5. The van der Waals surface area contributed by atoms with Gasteiger partial charge in [0.05, 0.1) is 12.0 Å². The molecule has 0 aliphatic carbocycles. The summed E-state index contributed by atoms with van der Waals surface area (Å²) in [5.74, 6) is -0.676. The first-order valence-electron chi connectivity index (χ1n) is 12.5. The highest BCUT2D eigenvalue weighted by Crippen LogP contribution is 2.36. The maximum Gasteiger partial charge on any atom is 0.308 e. The minimum atomic E-state index is -1.01. The minimum Gasteiger partial charge on any atom is -0.424 e. The normalized spacial score (nSPS) is 13.3. The Balaban J connectivity index is 4.93. The molecule has 0 heterocycles. The molecular weight excluding hydrogens is 380 g/mol. The van der Waals surface area contributed by atoms with Crippen molar-refractivity contribution < 1.29 is 24.2 Å². The summed E-state index contributed by atoms with van der Waals surface area (Å²) < 4.78 is 11.3. The van der Waals surface area contributed by atoms with Crippen molar-refractivity contribution in [2.75, 3.05) is 6.61 Å². The number of esters is 2. The van der Waals surface area contributed by atoms with Gasteiger partial charge >= 0.3 is 11.9 Å². The van der Waals surface area contributed by atoms with Gasteiger partial charge in [-0.25, -0.2) is 0 Å². The zero-order chi connectivity index (χ0) is 22.7. The molecule has 0 saturated heterocycles. The highest BCUT2D eigenvalue weighted by Gasteiger charge is 2.42. The van der Waals surface area contributed by atoms with Crippen LogP contribution in [0, 0.1) is 5.41 Å². The van der Waals surface area contributed by atoms with E-state index >= 15 is 0 Å². The molecule has 0 fully saturated rings. The fourth-order valence-corrected chi connectivity index (χ4v) is 3.63. The van der Waals surface area contributed by atoms with Crippen molar-refractivity contribution in [2.45, 2.75) is 137 Å². The molecule has 178 valence electrons. The fraction of sp³-hybridized carbons (Fsp3) is 0.920. The average Bonchev–Trinajstić information content (AvgIpc) is 2.74. The van der Waals surface area contributed by atoms with Gasteiger partial charge in [0.2, 0.25) is 0 Å². The lowest BCUT2D eigenvalue weighted by Crippen LogP contribution is -2.44. The predicted molar refractivity (Wildman–Crippen MR) is 122 cm³/mol. The first-order valence-corrected chi connectivity index (χ1v) is 12.5. The Morgan fingerprint density at radius 3 is 1.50 bits per heavy atom. The third kappa shape index (κ3) is 12.6. The van der Waals surface area contributed by atoms with Crippen LogP contribution in [0.25, 0.3) is 0 Å². The van der Waals surface area contributed by atoms with E-state index in [9.17, 15) is 14.7 Å². The molecule has 1 unspecified atom stereocenters. The van der Waals surface area contributed by atoms with Crippen molar-refractivity contribution >= 4 is 11.9 Å². The molecule has 0 saturated carbocycles. The van der Waals surface area contributed by atoms with Crippen LogP contribution < -0.4 is 0 Å². The molecule has 0 aliphatic heterocycles. The topological polar surface area (TPSA) is 72.8 Å². The van der Waals surface area contributed by atoms with Crippen molar-refractivity contribution in [1.82, 2.24) is 0 Å². The fourth-order valence-electron chi connectivity index (χ4n) is 3.63. The molecule has 5 nitrogen and oxygen atoms in total. The predicted octanol–water partition coefficient (Wildman–Crippen LogP) is 6.70. The van der Waals surface area contributed by atoms with Gasteiger partial charge in [0, 0.05) is 12.8 Å². The number of aliphatic hydroxyl groups is 1. The van der Waals surface area contributed by atoms with Gasteiger partial charge in [-0.2, -0.15) is 0 Å². The highest BCUT2D eigenvalue weighted by molar-refractivity contribution is 5.71. The van der Waals surface area contributed by atoms with Gasteiger partial charge in [-0.1, -0.05) is 91.9 Å². The molecule has 0 aliphatic rings. The lowest BCUT2D eigenvalue weighted by atomic mass is 9.80. The quantitative estimate of drug-likeness (QED) is 0.133. The largest absolute Gasteiger partial charge is 0.424 e. The van der Waals surface area contributed by atoms with Crippen LogP contribution >= 0.6 is 0 Å². The standard InChI is InChI=1S/C25H48O5/c1-5-9-12-14-16-18-22(27)29-24(25(8-4,21-26)20-11-7-3)30-23(28)19-17-15-13-10-6-2/h24,26H,5-21H2,1-4H3. The van der Waals surface area contributed by atoms with E-state index in [1.54, 1.807) is 0 Å². The molecule has 0 rings (SSSR count). The Hall–Kier alpha value is -1.10. The lowest BCUT2D eigenvalue weighted by molar-refractivity contribution is -0.221. The number of unbranched alkanes of at least 4 members (excludes halogenated alkanes) is 9. The summed E-state index contributed by atoms with van der Waals surface area (Å²) in [5, 5.41) is 10.2. The van der Waals surface area contributed by atoms with Gasteiger partial charge < -0.3 is 14.6 Å². The summed E-state index contributed by atoms with van der Waals surface area (Å²) in [5.41, 5.74) is -0.730. The Morgan fingerprint density at radius 1 is 0.700 bits per heavy atom. The zero-order valence-electron chi connectivity index (χ0n) is 20.2. The van der Waals surface area contributed by atoms with Crippen molar-refractivity contribution in [1.29, 1.82) is 0 Å². The van der Waals surface area contributed by atoms with Crippen LogP contribution in [-0.4, -0.2) is 29.9 Å². The van der Waals surface area contributed by atoms with Crippen LogP contribution in [0.5, 0.6) is 0 Å². The van der Waals surface area contributed by atoms with Gasteiger partial charge in [0.1, 0.15) is 0 Å². The van der Waals surface area contributed by atoms with E-state index in [0.717, 1.165) is 64.2 Å². The third-order valence-electron chi connectivity index (χ3n) is 5.99. The van der Waals surface area contributed by atoms with Gasteiger partial charge in [-0.3, -0.25) is 9.59 Å². The maximum atomic E-state index is 12.5. The molecule has 0 bridgehead atoms. The van der Waals surface area contributed by atoms with Gasteiger partial charge in [-0.15, -0.1) is 0 Å². The molecule has 0 amide bonds. The number of hydrogen-bond donors (Lipinski definition) is 1. The maximum absolute atomic E-state index is 12.5. The number of rotatable bonds is 20. The Kier molecular flexibility index (Phi) is 18.0. The van der Waals surface area contributed by atoms with E-state index < -0.39 is 11.7 Å². The second-order valence-corrected chi connectivity index (χ2v) is 8.62. The Morgan fingerprint density at radius 2 is 1.13 bits per heavy atom. The molecule has 5 heteroatoms. The van der Waals surface area contributed by atoms with Crippen LogP contribution in [0.4, 0.5) is 0 Å². The van der Waals surface area contributed by atoms with Crippen LogP contribution in [-0.2, 0) is 19.1 Å². The van der Waals surface area contributed by atoms with E-state index in [0.29, 0.717) is 25.7 Å². The van der Waals surface area contributed by atoms with Crippen molar-refractivity contribution in [3.63, 3.8) is 0 Å². The van der Waals surface area contributed by atoms with E-state index in [1.807, 2.05) is 6.92 Å². The zero-order valence-corrected chi connectivity index (χ0v) is 20.2. The smallest absolute Gasteiger partial charge is 0.308 e. The number of carbonyl (C=O) groups is 2. The number of carbonyl (C=O) groups excluding carboxylic acids is 2. The SMILES string of the molecule is CCCCCCCC(=O)OC(OC(=O)CCCCCCC)C(CC)(CO)CCCC. The van der Waals surface area contributed by atoms with Crippen LogP contribution in [0.1, 0.15) is 130 Å². The van der Waals surface area contributed by atoms with E-state index in [1.165, 1.54) is 12.8 Å². The Bertz CT molecular complexity index is 403. The van der Waals surface area contributed by atoms with Gasteiger partial charge in [0.15, 0.2) is 0 Å². The summed E-state index contributed by atoms with van der Waals surface area (Å²) >= 11 is 0. The number of hydrogen-bond acceptors (Lipinski definition) is 5. The number of aliphatic hydroxyl groups excluding tert-OH is 1. The molecule has 0 aromatic heterocycles. The first kappa shape index (κ1) is 28.9. The van der Waals surface area contributed by atoms with E-state index in [4.69, 9.17) is 9.47 Å². The molecule has 1 N–H and O–H groups in total. The van der Waals surface area contributed by atoms with Gasteiger partial charge in [-0.05, 0) is 25.7 Å².